The topological polar surface area (TPSA) is 9.23 Å². The van der Waals surface area contributed by atoms with Crippen LogP contribution in [0.25, 0.3) is 11.1 Å². The molecule has 0 fully saturated rings. The van der Waals surface area contributed by atoms with Crippen LogP contribution in [0.15, 0.2) is 54.6 Å². The Morgan fingerprint density at radius 3 is 2.48 bits per heavy atom. The predicted molar refractivity (Wildman–Crippen MR) is 93.4 cm³/mol. The van der Waals surface area contributed by atoms with E-state index >= 15 is 0 Å². The number of benzene rings is 3. The molecule has 2 aliphatic rings. The van der Waals surface area contributed by atoms with Crippen molar-refractivity contribution >= 4 is 0 Å². The Bertz CT molecular complexity index is 983. The van der Waals surface area contributed by atoms with Crippen LogP contribution in [0.3, 0.4) is 0 Å². The zero-order chi connectivity index (χ0) is 15.8. The lowest BCUT2D eigenvalue weighted by Crippen LogP contribution is -2.27. The maximum atomic E-state index is 6.33. The summed E-state index contributed by atoms with van der Waals surface area (Å²) in [6.45, 7) is 6.66. The molecule has 1 nitrogen and oxygen atoms in total. The van der Waals surface area contributed by atoms with Crippen LogP contribution in [0.2, 0.25) is 0 Å². The van der Waals surface area contributed by atoms with Crippen molar-refractivity contribution < 1.29 is 4.74 Å². The Morgan fingerprint density at radius 2 is 1.61 bits per heavy atom. The highest BCUT2D eigenvalue weighted by Gasteiger charge is 2.47. The molecule has 5 rings (SSSR count). The van der Waals surface area contributed by atoms with Gasteiger partial charge in [0.05, 0.1) is 5.41 Å². The van der Waals surface area contributed by atoms with Crippen molar-refractivity contribution in [1.82, 2.24) is 0 Å². The summed E-state index contributed by atoms with van der Waals surface area (Å²) in [5.74, 6) is 2.02. The molecular weight excluding hydrogens is 280 g/mol. The molecule has 1 unspecified atom stereocenters. The highest BCUT2D eigenvalue weighted by atomic mass is 16.5. The Labute approximate surface area is 136 Å². The fraction of sp³-hybridized carbons (Fsp3) is 0.182. The van der Waals surface area contributed by atoms with Crippen molar-refractivity contribution in [2.24, 2.45) is 0 Å². The number of hydrogen-bond donors (Lipinski definition) is 0. The van der Waals surface area contributed by atoms with Gasteiger partial charge in [0.15, 0.2) is 0 Å². The van der Waals surface area contributed by atoms with Gasteiger partial charge in [0.25, 0.3) is 0 Å². The number of fused-ring (bicyclic) bond motifs is 5. The summed E-state index contributed by atoms with van der Waals surface area (Å²) in [6, 6.07) is 19.7. The first kappa shape index (κ1) is 13.0. The largest absolute Gasteiger partial charge is 0.456 e. The molecule has 0 amide bonds. The van der Waals surface area contributed by atoms with Crippen molar-refractivity contribution in [3.05, 3.63) is 82.4 Å². The minimum absolute atomic E-state index is 0.132. The third-order valence-corrected chi connectivity index (χ3v) is 5.50. The SMILES string of the molecule is Cc1ccc2c(c1)C1(C)c3ccccc3Oc3c(C)ccc-2c31. The normalized spacial score (nSPS) is 19.6. The van der Waals surface area contributed by atoms with E-state index in [-0.39, 0.29) is 5.41 Å². The van der Waals surface area contributed by atoms with Gasteiger partial charge in [-0.2, -0.15) is 0 Å². The van der Waals surface area contributed by atoms with Gasteiger partial charge in [-0.1, -0.05) is 54.1 Å². The van der Waals surface area contributed by atoms with Crippen molar-refractivity contribution in [1.29, 1.82) is 0 Å². The van der Waals surface area contributed by atoms with Gasteiger partial charge in [0.2, 0.25) is 0 Å². The molecule has 112 valence electrons. The molecule has 0 saturated heterocycles. The third-order valence-electron chi connectivity index (χ3n) is 5.50. The smallest absolute Gasteiger partial charge is 0.135 e. The summed E-state index contributed by atoms with van der Waals surface area (Å²) in [5.41, 5.74) is 9.03. The van der Waals surface area contributed by atoms with Crippen molar-refractivity contribution in [2.75, 3.05) is 0 Å². The van der Waals surface area contributed by atoms with Gasteiger partial charge >= 0.3 is 0 Å². The molecular formula is C22H18O. The van der Waals surface area contributed by atoms with Gasteiger partial charge in [0.1, 0.15) is 11.5 Å². The first-order valence-corrected chi connectivity index (χ1v) is 8.13. The first-order chi connectivity index (χ1) is 11.1. The Balaban J connectivity index is 1.99. The van der Waals surface area contributed by atoms with Gasteiger partial charge in [-0.3, -0.25) is 0 Å². The second-order valence-electron chi connectivity index (χ2n) is 6.91. The van der Waals surface area contributed by atoms with E-state index in [9.17, 15) is 0 Å². The molecule has 0 aromatic heterocycles. The van der Waals surface area contributed by atoms with Crippen molar-refractivity contribution in [2.45, 2.75) is 26.2 Å². The van der Waals surface area contributed by atoms with Crippen LogP contribution in [-0.2, 0) is 5.41 Å². The molecule has 3 aromatic carbocycles. The Hall–Kier alpha value is -2.54. The molecule has 0 bridgehead atoms. The average Bonchev–Trinajstić information content (AvgIpc) is 2.81. The number of para-hydroxylation sites is 1. The molecule has 0 N–H and O–H groups in total. The monoisotopic (exact) mass is 298 g/mol. The van der Waals surface area contributed by atoms with Crippen molar-refractivity contribution in [3.8, 4) is 22.6 Å². The van der Waals surface area contributed by atoms with Gasteiger partial charge in [-0.15, -0.1) is 0 Å². The maximum absolute atomic E-state index is 6.33. The number of hydrogen-bond acceptors (Lipinski definition) is 1. The lowest BCUT2D eigenvalue weighted by atomic mass is 9.72. The highest BCUT2D eigenvalue weighted by Crippen LogP contribution is 2.61. The standard InChI is InChI=1S/C22H18O/c1-13-8-10-15-16-11-9-14(2)21-20(16)22(3,18(15)12-13)17-6-4-5-7-19(17)23-21/h4-12H,1-3H3. The Kier molecular flexibility index (Phi) is 2.28. The van der Waals surface area contributed by atoms with Gasteiger partial charge in [-0.25, -0.2) is 0 Å². The summed E-state index contributed by atoms with van der Waals surface area (Å²) in [6.07, 6.45) is 0. The first-order valence-electron chi connectivity index (χ1n) is 8.13. The summed E-state index contributed by atoms with van der Waals surface area (Å²) in [7, 11) is 0. The zero-order valence-electron chi connectivity index (χ0n) is 13.6. The molecule has 1 heteroatoms. The predicted octanol–water partition coefficient (Wildman–Crippen LogP) is 5.74. The minimum atomic E-state index is -0.132. The molecule has 1 aliphatic carbocycles. The molecule has 0 radical (unpaired) electrons. The lowest BCUT2D eigenvalue weighted by molar-refractivity contribution is 0.428. The van der Waals surface area contributed by atoms with Crippen LogP contribution < -0.4 is 4.74 Å². The van der Waals surface area contributed by atoms with Crippen LogP contribution in [0, 0.1) is 13.8 Å². The second-order valence-corrected chi connectivity index (χ2v) is 6.91. The fourth-order valence-electron chi connectivity index (χ4n) is 4.34. The van der Waals surface area contributed by atoms with E-state index in [0.717, 1.165) is 11.5 Å². The molecule has 1 heterocycles. The fourth-order valence-corrected chi connectivity index (χ4v) is 4.34. The van der Waals surface area contributed by atoms with Crippen molar-refractivity contribution in [3.63, 3.8) is 0 Å². The van der Waals surface area contributed by atoms with E-state index in [1.807, 2.05) is 0 Å². The van der Waals surface area contributed by atoms with E-state index in [0.29, 0.717) is 0 Å². The lowest BCUT2D eigenvalue weighted by Gasteiger charge is -2.36. The number of rotatable bonds is 0. The van der Waals surface area contributed by atoms with Gasteiger partial charge in [0, 0.05) is 11.1 Å². The minimum Gasteiger partial charge on any atom is -0.456 e. The molecule has 23 heavy (non-hydrogen) atoms. The maximum Gasteiger partial charge on any atom is 0.135 e. The summed E-state index contributed by atoms with van der Waals surface area (Å²) in [4.78, 5) is 0. The zero-order valence-corrected chi connectivity index (χ0v) is 13.6. The van der Waals surface area contributed by atoms with E-state index in [1.54, 1.807) is 0 Å². The van der Waals surface area contributed by atoms with Crippen LogP contribution in [-0.4, -0.2) is 0 Å². The van der Waals surface area contributed by atoms with Crippen LogP contribution in [0.5, 0.6) is 11.5 Å². The van der Waals surface area contributed by atoms with E-state index in [2.05, 4.69) is 75.4 Å². The summed E-state index contributed by atoms with van der Waals surface area (Å²) < 4.78 is 6.33. The third kappa shape index (κ3) is 1.43. The number of aryl methyl sites for hydroxylation is 2. The van der Waals surface area contributed by atoms with E-state index in [1.165, 1.54) is 38.9 Å². The molecule has 0 saturated carbocycles. The quantitative estimate of drug-likeness (QED) is 0.514. The molecule has 3 aromatic rings. The summed E-state index contributed by atoms with van der Waals surface area (Å²) >= 11 is 0. The molecule has 0 spiro atoms. The van der Waals surface area contributed by atoms with Gasteiger partial charge in [-0.05, 0) is 49.1 Å². The van der Waals surface area contributed by atoms with E-state index < -0.39 is 0 Å². The highest BCUT2D eigenvalue weighted by molar-refractivity contribution is 5.88. The molecule has 1 aliphatic heterocycles. The Morgan fingerprint density at radius 1 is 0.826 bits per heavy atom. The van der Waals surface area contributed by atoms with Crippen LogP contribution in [0.4, 0.5) is 0 Å². The van der Waals surface area contributed by atoms with Crippen LogP contribution in [0.1, 0.15) is 34.7 Å². The number of ether oxygens (including phenoxy) is 1. The van der Waals surface area contributed by atoms with E-state index in [4.69, 9.17) is 4.74 Å². The second kappa shape index (κ2) is 4.05. The van der Waals surface area contributed by atoms with Gasteiger partial charge < -0.3 is 4.74 Å². The molecule has 1 atom stereocenters. The van der Waals surface area contributed by atoms with Crippen LogP contribution >= 0.6 is 0 Å². The average molecular weight is 298 g/mol. The summed E-state index contributed by atoms with van der Waals surface area (Å²) in [5, 5.41) is 0.